The van der Waals surface area contributed by atoms with E-state index in [1.54, 1.807) is 6.20 Å². The van der Waals surface area contributed by atoms with Crippen molar-refractivity contribution in [2.75, 3.05) is 19.9 Å². The molecule has 6 nitrogen and oxygen atoms in total. The van der Waals surface area contributed by atoms with E-state index < -0.39 is 0 Å². The average Bonchev–Trinajstić information content (AvgIpc) is 2.61. The topological polar surface area (TPSA) is 81.8 Å². The summed E-state index contributed by atoms with van der Waals surface area (Å²) in [6.45, 7) is 7.04. The van der Waals surface area contributed by atoms with E-state index in [0.29, 0.717) is 24.7 Å². The molecule has 0 aliphatic carbocycles. The van der Waals surface area contributed by atoms with Crippen LogP contribution in [0.5, 0.6) is 11.5 Å². The molecular weight excluding hydrogens is 304 g/mol. The van der Waals surface area contributed by atoms with Gasteiger partial charge >= 0.3 is 0 Å². The van der Waals surface area contributed by atoms with Crippen molar-refractivity contribution in [3.63, 3.8) is 0 Å². The van der Waals surface area contributed by atoms with Crippen LogP contribution in [-0.2, 0) is 0 Å². The summed E-state index contributed by atoms with van der Waals surface area (Å²) >= 11 is 0. The van der Waals surface area contributed by atoms with Gasteiger partial charge in [0.25, 0.3) is 0 Å². The van der Waals surface area contributed by atoms with Crippen molar-refractivity contribution in [1.82, 2.24) is 10.3 Å². The SMILES string of the molecule is C=N/C(=C(\NCN)c1ccnc(C)c1)c1ccc2c(c1)OCCO2. The number of ether oxygens (including phenoxy) is 2. The zero-order valence-electron chi connectivity index (χ0n) is 13.6. The summed E-state index contributed by atoms with van der Waals surface area (Å²) in [5, 5.41) is 3.18. The maximum absolute atomic E-state index is 5.72. The molecule has 1 aliphatic heterocycles. The molecule has 0 unspecified atom stereocenters. The summed E-state index contributed by atoms with van der Waals surface area (Å²) < 4.78 is 11.2. The lowest BCUT2D eigenvalue weighted by molar-refractivity contribution is 0.171. The van der Waals surface area contributed by atoms with E-state index in [1.165, 1.54) is 0 Å². The van der Waals surface area contributed by atoms with Crippen LogP contribution in [0.1, 0.15) is 16.8 Å². The van der Waals surface area contributed by atoms with Gasteiger partial charge in [-0.1, -0.05) is 0 Å². The van der Waals surface area contributed by atoms with Crippen LogP contribution in [0.15, 0.2) is 41.5 Å². The Morgan fingerprint density at radius 1 is 1.21 bits per heavy atom. The Balaban J connectivity index is 2.11. The predicted octanol–water partition coefficient (Wildman–Crippen LogP) is 2.19. The third-order valence-corrected chi connectivity index (χ3v) is 3.67. The van der Waals surface area contributed by atoms with Crippen LogP contribution >= 0.6 is 0 Å². The van der Waals surface area contributed by atoms with Gasteiger partial charge in [-0.05, 0) is 44.0 Å². The highest BCUT2D eigenvalue weighted by Gasteiger charge is 2.16. The number of nitrogens with zero attached hydrogens (tertiary/aromatic N) is 2. The van der Waals surface area contributed by atoms with Crippen molar-refractivity contribution in [2.45, 2.75) is 6.92 Å². The molecule has 0 saturated heterocycles. The van der Waals surface area contributed by atoms with E-state index in [0.717, 1.165) is 28.3 Å². The lowest BCUT2D eigenvalue weighted by Crippen LogP contribution is -2.22. The molecule has 6 heteroatoms. The molecule has 2 aromatic rings. The van der Waals surface area contributed by atoms with Gasteiger partial charge in [0.15, 0.2) is 11.5 Å². The maximum Gasteiger partial charge on any atom is 0.162 e. The number of aryl methyl sites for hydroxylation is 1. The van der Waals surface area contributed by atoms with Gasteiger partial charge in [-0.25, -0.2) is 0 Å². The van der Waals surface area contributed by atoms with Gasteiger partial charge < -0.3 is 20.5 Å². The van der Waals surface area contributed by atoms with Gasteiger partial charge in [0.05, 0.1) is 18.1 Å². The van der Waals surface area contributed by atoms with Crippen molar-refractivity contribution < 1.29 is 9.47 Å². The zero-order chi connectivity index (χ0) is 16.9. The summed E-state index contributed by atoms with van der Waals surface area (Å²) in [7, 11) is 0. The minimum atomic E-state index is 0.278. The summed E-state index contributed by atoms with van der Waals surface area (Å²) in [4.78, 5) is 8.46. The summed E-state index contributed by atoms with van der Waals surface area (Å²) in [6, 6.07) is 9.61. The lowest BCUT2D eigenvalue weighted by atomic mass is 10.0. The highest BCUT2D eigenvalue weighted by Crippen LogP contribution is 2.35. The number of nitrogens with two attached hydrogens (primary N) is 1. The standard InChI is InChI=1S/C18H20N4O2/c1-12-9-14(5-6-21-12)18(22-11-19)17(20-2)13-3-4-15-16(10-13)24-8-7-23-15/h3-6,9-10,22H,2,7-8,11,19H2,1H3/b18-17-. The Kier molecular flexibility index (Phi) is 4.77. The van der Waals surface area contributed by atoms with Crippen LogP contribution < -0.4 is 20.5 Å². The van der Waals surface area contributed by atoms with Crippen molar-refractivity contribution in [1.29, 1.82) is 0 Å². The van der Waals surface area contributed by atoms with E-state index in [4.69, 9.17) is 15.2 Å². The average molecular weight is 324 g/mol. The number of hydrogen-bond donors (Lipinski definition) is 2. The molecule has 3 N–H and O–H groups in total. The Labute approximate surface area is 141 Å². The second kappa shape index (κ2) is 7.14. The molecule has 2 heterocycles. The van der Waals surface area contributed by atoms with Crippen LogP contribution in [0, 0.1) is 6.92 Å². The summed E-state index contributed by atoms with van der Waals surface area (Å²) in [6.07, 6.45) is 1.76. The van der Waals surface area contributed by atoms with E-state index in [9.17, 15) is 0 Å². The Hall–Kier alpha value is -2.86. The first kappa shape index (κ1) is 16.0. The summed E-state index contributed by atoms with van der Waals surface area (Å²) in [5.41, 5.74) is 9.95. The Morgan fingerprint density at radius 2 is 2.00 bits per heavy atom. The predicted molar refractivity (Wildman–Crippen MR) is 95.0 cm³/mol. The van der Waals surface area contributed by atoms with Crippen molar-refractivity contribution in [2.24, 2.45) is 10.7 Å². The molecule has 0 fully saturated rings. The van der Waals surface area contributed by atoms with Crippen molar-refractivity contribution in [3.8, 4) is 11.5 Å². The maximum atomic E-state index is 5.72. The Morgan fingerprint density at radius 3 is 2.71 bits per heavy atom. The molecule has 24 heavy (non-hydrogen) atoms. The molecule has 1 aromatic heterocycles. The van der Waals surface area contributed by atoms with Gasteiger partial charge in [-0.3, -0.25) is 9.98 Å². The van der Waals surface area contributed by atoms with E-state index in [1.807, 2.05) is 37.3 Å². The van der Waals surface area contributed by atoms with Gasteiger partial charge in [-0.2, -0.15) is 0 Å². The van der Waals surface area contributed by atoms with Gasteiger partial charge in [-0.15, -0.1) is 0 Å². The second-order valence-corrected chi connectivity index (χ2v) is 5.31. The second-order valence-electron chi connectivity index (χ2n) is 5.31. The van der Waals surface area contributed by atoms with Crippen molar-refractivity contribution in [3.05, 3.63) is 53.3 Å². The largest absolute Gasteiger partial charge is 0.486 e. The third kappa shape index (κ3) is 3.23. The third-order valence-electron chi connectivity index (χ3n) is 3.67. The van der Waals surface area contributed by atoms with Crippen LogP contribution in [0.25, 0.3) is 11.4 Å². The molecule has 0 amide bonds. The number of pyridine rings is 1. The molecule has 0 atom stereocenters. The smallest absolute Gasteiger partial charge is 0.162 e. The monoisotopic (exact) mass is 324 g/mol. The molecule has 0 radical (unpaired) electrons. The van der Waals surface area contributed by atoms with Crippen molar-refractivity contribution >= 4 is 18.1 Å². The fraction of sp³-hybridized carbons (Fsp3) is 0.222. The molecule has 3 rings (SSSR count). The molecule has 1 aliphatic rings. The highest BCUT2D eigenvalue weighted by atomic mass is 16.6. The van der Waals surface area contributed by atoms with E-state index in [-0.39, 0.29) is 6.67 Å². The number of aromatic nitrogens is 1. The fourth-order valence-electron chi connectivity index (χ4n) is 2.63. The number of benzene rings is 1. The molecular formula is C18H20N4O2. The normalized spacial score (nSPS) is 13.9. The number of nitrogens with one attached hydrogen (secondary N) is 1. The van der Waals surface area contributed by atoms with Crippen LogP contribution in [0.4, 0.5) is 0 Å². The first-order valence-corrected chi connectivity index (χ1v) is 7.71. The molecule has 0 saturated carbocycles. The molecule has 124 valence electrons. The minimum absolute atomic E-state index is 0.278. The van der Waals surface area contributed by atoms with Crippen LogP contribution in [0.2, 0.25) is 0 Å². The Bertz CT molecular complexity index is 786. The quantitative estimate of drug-likeness (QED) is 0.651. The van der Waals surface area contributed by atoms with E-state index in [2.05, 4.69) is 22.0 Å². The number of aliphatic imine (C=N–C) groups is 1. The van der Waals surface area contributed by atoms with Gasteiger partial charge in [0.1, 0.15) is 13.2 Å². The molecule has 0 spiro atoms. The van der Waals surface area contributed by atoms with Gasteiger partial charge in [0.2, 0.25) is 0 Å². The number of fused-ring (bicyclic) bond motifs is 1. The lowest BCUT2D eigenvalue weighted by Gasteiger charge is -2.20. The van der Waals surface area contributed by atoms with Gasteiger partial charge in [0, 0.05) is 23.0 Å². The van der Waals surface area contributed by atoms with Crippen LogP contribution in [0.3, 0.4) is 0 Å². The number of rotatable bonds is 5. The fourth-order valence-corrected chi connectivity index (χ4v) is 2.63. The molecule has 1 aromatic carbocycles. The highest BCUT2D eigenvalue weighted by molar-refractivity contribution is 5.91. The first-order valence-electron chi connectivity index (χ1n) is 7.71. The number of hydrogen-bond acceptors (Lipinski definition) is 6. The molecule has 0 bridgehead atoms. The van der Waals surface area contributed by atoms with Crippen LogP contribution in [-0.4, -0.2) is 31.6 Å². The zero-order valence-corrected chi connectivity index (χ0v) is 13.6. The first-order chi connectivity index (χ1) is 11.7. The van der Waals surface area contributed by atoms with E-state index >= 15 is 0 Å². The minimum Gasteiger partial charge on any atom is -0.486 e. The summed E-state index contributed by atoms with van der Waals surface area (Å²) in [5.74, 6) is 1.44.